The minimum absolute atomic E-state index is 0.324. The van der Waals surface area contributed by atoms with Gasteiger partial charge in [-0.05, 0) is 31.2 Å². The number of para-hydroxylation sites is 2. The number of H-pyrrole nitrogens is 1. The Kier molecular flexibility index (Phi) is 5.25. The molecule has 8 nitrogen and oxygen atoms in total. The summed E-state index contributed by atoms with van der Waals surface area (Å²) < 4.78 is 10.3. The first-order valence-corrected chi connectivity index (χ1v) is 8.29. The Hall–Kier alpha value is -3.55. The molecule has 3 aromatic rings. The van der Waals surface area contributed by atoms with E-state index in [4.69, 9.17) is 9.47 Å². The first-order valence-electron chi connectivity index (χ1n) is 8.29. The van der Waals surface area contributed by atoms with Crippen LogP contribution in [0.3, 0.4) is 0 Å². The summed E-state index contributed by atoms with van der Waals surface area (Å²) in [5.41, 5.74) is 1.88. The van der Waals surface area contributed by atoms with Gasteiger partial charge in [0.25, 0.3) is 5.91 Å². The van der Waals surface area contributed by atoms with Gasteiger partial charge in [-0.2, -0.15) is 0 Å². The minimum Gasteiger partial charge on any atom is -0.497 e. The molecule has 2 aromatic carbocycles. The van der Waals surface area contributed by atoms with Crippen LogP contribution in [0.4, 0.5) is 5.95 Å². The molecule has 1 atom stereocenters. The number of carbonyl (C=O) groups is 2. The van der Waals surface area contributed by atoms with Gasteiger partial charge in [0.2, 0.25) is 11.9 Å². The lowest BCUT2D eigenvalue weighted by molar-refractivity contribution is -0.117. The summed E-state index contributed by atoms with van der Waals surface area (Å²) in [6.07, 6.45) is 0. The average Bonchev–Trinajstić information content (AvgIpc) is 3.09. The third-order valence-corrected chi connectivity index (χ3v) is 3.99. The van der Waals surface area contributed by atoms with Gasteiger partial charge in [0.15, 0.2) is 0 Å². The number of aromatic nitrogens is 2. The fraction of sp³-hybridized carbons (Fsp3) is 0.211. The largest absolute Gasteiger partial charge is 0.497 e. The highest BCUT2D eigenvalue weighted by molar-refractivity contribution is 6.01. The molecule has 0 aliphatic heterocycles. The Morgan fingerprint density at radius 1 is 1.07 bits per heavy atom. The number of carbonyl (C=O) groups excluding carboxylic acids is 2. The number of ether oxygens (including phenoxy) is 2. The van der Waals surface area contributed by atoms with E-state index >= 15 is 0 Å². The van der Waals surface area contributed by atoms with Gasteiger partial charge < -0.3 is 19.8 Å². The number of aromatic amines is 1. The van der Waals surface area contributed by atoms with Crippen molar-refractivity contribution < 1.29 is 19.1 Å². The van der Waals surface area contributed by atoms with Crippen molar-refractivity contribution in [1.29, 1.82) is 0 Å². The van der Waals surface area contributed by atoms with Crippen LogP contribution < -0.4 is 20.1 Å². The van der Waals surface area contributed by atoms with Gasteiger partial charge in [-0.3, -0.25) is 14.9 Å². The topological polar surface area (TPSA) is 105 Å². The lowest BCUT2D eigenvalue weighted by Crippen LogP contribution is -2.41. The summed E-state index contributed by atoms with van der Waals surface area (Å²) in [5, 5.41) is 5.31. The SMILES string of the molecule is COc1cc(OC)cc(C(=O)N[C@@H](C)C(=O)Nc2nc3ccccc3[nH]2)c1. The molecule has 3 N–H and O–H groups in total. The van der Waals surface area contributed by atoms with Crippen LogP contribution in [0.25, 0.3) is 11.0 Å². The highest BCUT2D eigenvalue weighted by Crippen LogP contribution is 2.22. The predicted octanol–water partition coefficient (Wildman–Crippen LogP) is 2.34. The summed E-state index contributed by atoms with van der Waals surface area (Å²) in [7, 11) is 3.00. The van der Waals surface area contributed by atoms with E-state index in [0.29, 0.717) is 23.0 Å². The lowest BCUT2D eigenvalue weighted by atomic mass is 10.1. The number of anilines is 1. The molecule has 27 heavy (non-hydrogen) atoms. The zero-order valence-corrected chi connectivity index (χ0v) is 15.2. The van der Waals surface area contributed by atoms with Gasteiger partial charge >= 0.3 is 0 Å². The van der Waals surface area contributed by atoms with Crippen LogP contribution in [0, 0.1) is 0 Å². The Morgan fingerprint density at radius 2 is 1.74 bits per heavy atom. The molecule has 0 bridgehead atoms. The molecular weight excluding hydrogens is 348 g/mol. The molecule has 1 heterocycles. The molecule has 8 heteroatoms. The maximum Gasteiger partial charge on any atom is 0.252 e. The van der Waals surface area contributed by atoms with Crippen LogP contribution in [0.15, 0.2) is 42.5 Å². The molecule has 3 rings (SSSR count). The smallest absolute Gasteiger partial charge is 0.252 e. The Balaban J connectivity index is 1.67. The number of hydrogen-bond donors (Lipinski definition) is 3. The summed E-state index contributed by atoms with van der Waals surface area (Å²) in [6.45, 7) is 1.59. The van der Waals surface area contributed by atoms with E-state index in [2.05, 4.69) is 20.6 Å². The van der Waals surface area contributed by atoms with Crippen LogP contribution in [0.5, 0.6) is 11.5 Å². The lowest BCUT2D eigenvalue weighted by Gasteiger charge is -2.14. The first kappa shape index (κ1) is 18.2. The quantitative estimate of drug-likeness (QED) is 0.619. The maximum absolute atomic E-state index is 12.5. The van der Waals surface area contributed by atoms with Crippen LogP contribution in [0.1, 0.15) is 17.3 Å². The van der Waals surface area contributed by atoms with Crippen molar-refractivity contribution >= 4 is 28.8 Å². The van der Waals surface area contributed by atoms with E-state index in [0.717, 1.165) is 11.0 Å². The summed E-state index contributed by atoms with van der Waals surface area (Å²) in [4.78, 5) is 32.1. The fourth-order valence-electron chi connectivity index (χ4n) is 2.52. The summed E-state index contributed by atoms with van der Waals surface area (Å²) in [5.74, 6) is 0.486. The Labute approximate surface area is 155 Å². The summed E-state index contributed by atoms with van der Waals surface area (Å²) >= 11 is 0. The number of nitrogens with zero attached hydrogens (tertiary/aromatic N) is 1. The van der Waals surface area contributed by atoms with Crippen LogP contribution >= 0.6 is 0 Å². The van der Waals surface area contributed by atoms with Crippen molar-refractivity contribution in [3.05, 3.63) is 48.0 Å². The normalized spacial score (nSPS) is 11.7. The van der Waals surface area contributed by atoms with Gasteiger partial charge in [-0.25, -0.2) is 4.98 Å². The number of methoxy groups -OCH3 is 2. The number of amides is 2. The van der Waals surface area contributed by atoms with Crippen molar-refractivity contribution in [3.8, 4) is 11.5 Å². The van der Waals surface area contributed by atoms with E-state index < -0.39 is 17.9 Å². The second kappa shape index (κ2) is 7.77. The van der Waals surface area contributed by atoms with E-state index in [-0.39, 0.29) is 0 Å². The zero-order chi connectivity index (χ0) is 19.4. The molecule has 0 spiro atoms. The second-order valence-corrected chi connectivity index (χ2v) is 5.89. The van der Waals surface area contributed by atoms with Crippen LogP contribution in [0.2, 0.25) is 0 Å². The molecule has 0 fully saturated rings. The molecule has 0 saturated carbocycles. The van der Waals surface area contributed by atoms with Gasteiger partial charge in [0.1, 0.15) is 17.5 Å². The monoisotopic (exact) mass is 368 g/mol. The van der Waals surface area contributed by atoms with Gasteiger partial charge in [-0.15, -0.1) is 0 Å². The molecule has 1 aromatic heterocycles. The van der Waals surface area contributed by atoms with E-state index in [9.17, 15) is 9.59 Å². The van der Waals surface area contributed by atoms with Crippen molar-refractivity contribution in [2.45, 2.75) is 13.0 Å². The Bertz CT molecular complexity index is 928. The van der Waals surface area contributed by atoms with Crippen LogP contribution in [-0.4, -0.2) is 42.0 Å². The summed E-state index contributed by atoms with van der Waals surface area (Å²) in [6, 6.07) is 11.5. The fourth-order valence-corrected chi connectivity index (χ4v) is 2.52. The van der Waals surface area contributed by atoms with Crippen molar-refractivity contribution in [3.63, 3.8) is 0 Å². The standard InChI is InChI=1S/C19H20N4O4/c1-11(17(24)23-19-21-15-6-4-5-7-16(15)22-19)20-18(25)12-8-13(26-2)10-14(9-12)27-3/h4-11H,1-3H3,(H,20,25)(H2,21,22,23,24)/t11-/m0/s1. The zero-order valence-electron chi connectivity index (χ0n) is 15.2. The number of imidazole rings is 1. The number of fused-ring (bicyclic) bond motifs is 1. The molecule has 0 saturated heterocycles. The van der Waals surface area contributed by atoms with Crippen molar-refractivity contribution in [1.82, 2.24) is 15.3 Å². The number of nitrogens with one attached hydrogen (secondary N) is 3. The molecule has 2 amide bonds. The number of rotatable bonds is 6. The van der Waals surface area contributed by atoms with Gasteiger partial charge in [-0.1, -0.05) is 12.1 Å². The number of benzene rings is 2. The highest BCUT2D eigenvalue weighted by Gasteiger charge is 2.19. The molecule has 0 radical (unpaired) electrons. The van der Waals surface area contributed by atoms with Crippen LogP contribution in [-0.2, 0) is 4.79 Å². The van der Waals surface area contributed by atoms with E-state index in [1.165, 1.54) is 14.2 Å². The van der Waals surface area contributed by atoms with Gasteiger partial charge in [0.05, 0.1) is 25.3 Å². The predicted molar refractivity (Wildman–Crippen MR) is 101 cm³/mol. The third kappa shape index (κ3) is 4.17. The third-order valence-electron chi connectivity index (χ3n) is 3.99. The first-order chi connectivity index (χ1) is 13.0. The molecule has 140 valence electrons. The Morgan fingerprint density at radius 3 is 2.37 bits per heavy atom. The number of hydrogen-bond acceptors (Lipinski definition) is 5. The molecule has 0 aliphatic carbocycles. The molecule has 0 unspecified atom stereocenters. The second-order valence-electron chi connectivity index (χ2n) is 5.89. The van der Waals surface area contributed by atoms with Crippen molar-refractivity contribution in [2.24, 2.45) is 0 Å². The van der Waals surface area contributed by atoms with Crippen molar-refractivity contribution in [2.75, 3.05) is 19.5 Å². The maximum atomic E-state index is 12.5. The molecular formula is C19H20N4O4. The average molecular weight is 368 g/mol. The van der Waals surface area contributed by atoms with Gasteiger partial charge in [0, 0.05) is 11.6 Å². The minimum atomic E-state index is -0.775. The van der Waals surface area contributed by atoms with E-state index in [1.54, 1.807) is 25.1 Å². The molecule has 0 aliphatic rings. The highest BCUT2D eigenvalue weighted by atomic mass is 16.5. The van der Waals surface area contributed by atoms with E-state index in [1.807, 2.05) is 24.3 Å².